The molecule has 14 heavy (non-hydrogen) atoms. The molecule has 0 aliphatic heterocycles. The number of rotatable bonds is 2. The molecule has 0 spiro atoms. The van der Waals surface area contributed by atoms with Gasteiger partial charge in [-0.15, -0.1) is 0 Å². The van der Waals surface area contributed by atoms with E-state index in [9.17, 15) is 0 Å². The zero-order valence-corrected chi connectivity index (χ0v) is 9.60. The van der Waals surface area contributed by atoms with Crippen LogP contribution >= 0.6 is 0 Å². The monoisotopic (exact) mass is 195 g/mol. The quantitative estimate of drug-likeness (QED) is 0.711. The highest BCUT2D eigenvalue weighted by atomic mass is 15.0. The molecule has 1 nitrogen and oxygen atoms in total. The Kier molecular flexibility index (Phi) is 3.86. The van der Waals surface area contributed by atoms with Crippen molar-refractivity contribution < 1.29 is 0 Å². The second-order valence-corrected chi connectivity index (χ2v) is 5.37. The van der Waals surface area contributed by atoms with Crippen molar-refractivity contribution in [2.75, 3.05) is 0 Å². The van der Waals surface area contributed by atoms with Crippen LogP contribution in [-0.4, -0.2) is 12.1 Å². The van der Waals surface area contributed by atoms with Crippen molar-refractivity contribution in [2.45, 2.75) is 76.8 Å². The van der Waals surface area contributed by atoms with Crippen LogP contribution in [0.4, 0.5) is 0 Å². The molecule has 1 N–H and O–H groups in total. The molecular formula is C13H25N. The topological polar surface area (TPSA) is 12.0 Å². The normalized spacial score (nSPS) is 35.8. The predicted molar refractivity (Wildman–Crippen MR) is 61.4 cm³/mol. The van der Waals surface area contributed by atoms with Gasteiger partial charge in [0.2, 0.25) is 0 Å². The summed E-state index contributed by atoms with van der Waals surface area (Å²) in [5.74, 6) is 0.922. The molecule has 0 unspecified atom stereocenters. The summed E-state index contributed by atoms with van der Waals surface area (Å²) in [5, 5.41) is 3.91. The Bertz CT molecular complexity index is 161. The van der Waals surface area contributed by atoms with Crippen molar-refractivity contribution in [1.29, 1.82) is 0 Å². The molecule has 0 saturated heterocycles. The van der Waals surface area contributed by atoms with Gasteiger partial charge in [0.05, 0.1) is 0 Å². The maximum atomic E-state index is 3.91. The molecule has 2 rings (SSSR count). The van der Waals surface area contributed by atoms with Gasteiger partial charge >= 0.3 is 0 Å². The van der Waals surface area contributed by atoms with E-state index in [1.54, 1.807) is 0 Å². The summed E-state index contributed by atoms with van der Waals surface area (Å²) in [6.07, 6.45) is 13.0. The molecule has 0 heterocycles. The first-order valence-electron chi connectivity index (χ1n) is 6.62. The van der Waals surface area contributed by atoms with Gasteiger partial charge in [0, 0.05) is 12.1 Å². The fraction of sp³-hybridized carbons (Fsp3) is 1.00. The average Bonchev–Trinajstić information content (AvgIpc) is 2.23. The lowest BCUT2D eigenvalue weighted by atomic mass is 9.84. The fourth-order valence-electron chi connectivity index (χ4n) is 3.14. The second-order valence-electron chi connectivity index (χ2n) is 5.37. The maximum Gasteiger partial charge on any atom is 0.00952 e. The lowest BCUT2D eigenvalue weighted by Gasteiger charge is -2.34. The lowest BCUT2D eigenvalue weighted by molar-refractivity contribution is 0.235. The Labute approximate surface area is 88.7 Å². The van der Waals surface area contributed by atoms with Gasteiger partial charge in [0.15, 0.2) is 0 Å². The molecular weight excluding hydrogens is 170 g/mol. The van der Waals surface area contributed by atoms with Gasteiger partial charge < -0.3 is 5.32 Å². The highest BCUT2D eigenvalue weighted by Crippen LogP contribution is 2.26. The van der Waals surface area contributed by atoms with Crippen LogP contribution in [0.5, 0.6) is 0 Å². The molecule has 82 valence electrons. The van der Waals surface area contributed by atoms with E-state index in [2.05, 4.69) is 12.2 Å². The van der Waals surface area contributed by atoms with Gasteiger partial charge in [-0.25, -0.2) is 0 Å². The first-order chi connectivity index (χ1) is 6.86. The van der Waals surface area contributed by atoms with E-state index in [0.29, 0.717) is 0 Å². The van der Waals surface area contributed by atoms with Crippen LogP contribution in [0.2, 0.25) is 0 Å². The third kappa shape index (κ3) is 2.73. The highest BCUT2D eigenvalue weighted by molar-refractivity contribution is 4.83. The molecule has 0 aromatic rings. The lowest BCUT2D eigenvalue weighted by Crippen LogP contribution is -2.44. The van der Waals surface area contributed by atoms with Gasteiger partial charge in [-0.2, -0.15) is 0 Å². The van der Waals surface area contributed by atoms with Crippen molar-refractivity contribution in [3.05, 3.63) is 0 Å². The summed E-state index contributed by atoms with van der Waals surface area (Å²) < 4.78 is 0. The van der Waals surface area contributed by atoms with Gasteiger partial charge in [0.25, 0.3) is 0 Å². The zero-order valence-electron chi connectivity index (χ0n) is 9.60. The summed E-state index contributed by atoms with van der Waals surface area (Å²) in [6, 6.07) is 1.70. The van der Waals surface area contributed by atoms with Crippen LogP contribution in [0.3, 0.4) is 0 Å². The molecule has 2 aliphatic rings. The van der Waals surface area contributed by atoms with Crippen molar-refractivity contribution in [2.24, 2.45) is 5.92 Å². The van der Waals surface area contributed by atoms with E-state index in [1.807, 2.05) is 0 Å². The van der Waals surface area contributed by atoms with Crippen LogP contribution in [-0.2, 0) is 0 Å². The van der Waals surface area contributed by atoms with Crippen LogP contribution < -0.4 is 5.32 Å². The Balaban J connectivity index is 1.76. The molecule has 0 bridgehead atoms. The van der Waals surface area contributed by atoms with E-state index in [-0.39, 0.29) is 0 Å². The third-order valence-corrected chi connectivity index (χ3v) is 4.17. The first-order valence-corrected chi connectivity index (χ1v) is 6.62. The van der Waals surface area contributed by atoms with Crippen molar-refractivity contribution in [3.63, 3.8) is 0 Å². The Morgan fingerprint density at radius 3 is 2.14 bits per heavy atom. The minimum Gasteiger partial charge on any atom is -0.311 e. The minimum absolute atomic E-state index is 0.840. The minimum atomic E-state index is 0.840. The number of nitrogens with one attached hydrogen (secondary N) is 1. The predicted octanol–water partition coefficient (Wildman–Crippen LogP) is 3.49. The van der Waals surface area contributed by atoms with E-state index in [1.165, 1.54) is 57.8 Å². The smallest absolute Gasteiger partial charge is 0.00952 e. The van der Waals surface area contributed by atoms with Gasteiger partial charge in [-0.1, -0.05) is 39.0 Å². The van der Waals surface area contributed by atoms with E-state index < -0.39 is 0 Å². The van der Waals surface area contributed by atoms with E-state index in [0.717, 1.165) is 18.0 Å². The SMILES string of the molecule is C[C@@H]1CCCC[C@@H]1NC1CCCCC1. The van der Waals surface area contributed by atoms with Crippen molar-refractivity contribution in [1.82, 2.24) is 5.32 Å². The summed E-state index contributed by atoms with van der Waals surface area (Å²) in [6.45, 7) is 2.43. The molecule has 2 saturated carbocycles. The molecule has 2 fully saturated rings. The summed E-state index contributed by atoms with van der Waals surface area (Å²) in [4.78, 5) is 0. The molecule has 0 aromatic heterocycles. The van der Waals surface area contributed by atoms with Gasteiger partial charge in [0.1, 0.15) is 0 Å². The first kappa shape index (κ1) is 10.5. The van der Waals surface area contributed by atoms with E-state index >= 15 is 0 Å². The van der Waals surface area contributed by atoms with Crippen LogP contribution in [0.1, 0.15) is 64.7 Å². The number of hydrogen-bond donors (Lipinski definition) is 1. The Morgan fingerprint density at radius 1 is 0.786 bits per heavy atom. The second kappa shape index (κ2) is 5.16. The maximum absolute atomic E-state index is 3.91. The Hall–Kier alpha value is -0.0400. The molecule has 2 atom stereocenters. The van der Waals surface area contributed by atoms with Crippen LogP contribution in [0.15, 0.2) is 0 Å². The fourth-order valence-corrected chi connectivity index (χ4v) is 3.14. The summed E-state index contributed by atoms with van der Waals surface area (Å²) in [7, 11) is 0. The highest BCUT2D eigenvalue weighted by Gasteiger charge is 2.24. The molecule has 1 heteroatoms. The summed E-state index contributed by atoms with van der Waals surface area (Å²) >= 11 is 0. The molecule has 0 aromatic carbocycles. The summed E-state index contributed by atoms with van der Waals surface area (Å²) in [5.41, 5.74) is 0. The molecule has 0 amide bonds. The van der Waals surface area contributed by atoms with Gasteiger partial charge in [-0.05, 0) is 31.6 Å². The standard InChI is InChI=1S/C13H25N/c1-11-7-5-6-10-13(11)14-12-8-3-2-4-9-12/h11-14H,2-10H2,1H3/t11-,13+/m1/s1. The average molecular weight is 195 g/mol. The zero-order chi connectivity index (χ0) is 9.80. The molecule has 2 aliphatic carbocycles. The van der Waals surface area contributed by atoms with E-state index in [4.69, 9.17) is 0 Å². The largest absolute Gasteiger partial charge is 0.311 e. The van der Waals surface area contributed by atoms with Crippen molar-refractivity contribution in [3.8, 4) is 0 Å². The van der Waals surface area contributed by atoms with Gasteiger partial charge in [-0.3, -0.25) is 0 Å². The van der Waals surface area contributed by atoms with Crippen molar-refractivity contribution >= 4 is 0 Å². The van der Waals surface area contributed by atoms with Crippen LogP contribution in [0, 0.1) is 5.92 Å². The number of hydrogen-bond acceptors (Lipinski definition) is 1. The third-order valence-electron chi connectivity index (χ3n) is 4.17. The Morgan fingerprint density at radius 2 is 1.43 bits per heavy atom. The molecule has 0 radical (unpaired) electrons. The van der Waals surface area contributed by atoms with Crippen LogP contribution in [0.25, 0.3) is 0 Å².